The van der Waals surface area contributed by atoms with Crippen LogP contribution in [-0.4, -0.2) is 15.9 Å². The van der Waals surface area contributed by atoms with Crippen LogP contribution in [0, 0.1) is 0 Å². The molecule has 0 spiro atoms. The molecular weight excluding hydrogens is 210 g/mol. The zero-order chi connectivity index (χ0) is 10.7. The third-order valence-electron chi connectivity index (χ3n) is 1.82. The summed E-state index contributed by atoms with van der Waals surface area (Å²) in [6.07, 6.45) is 3.64. The summed E-state index contributed by atoms with van der Waals surface area (Å²) in [4.78, 5) is 19.0. The fourth-order valence-electron chi connectivity index (χ4n) is 1.19. The van der Waals surface area contributed by atoms with Crippen molar-refractivity contribution >= 4 is 17.2 Å². The molecular formula is C10H9N3OS. The van der Waals surface area contributed by atoms with E-state index in [2.05, 4.69) is 9.97 Å². The van der Waals surface area contributed by atoms with Crippen LogP contribution in [-0.2, 0) is 11.2 Å². The first-order valence-corrected chi connectivity index (χ1v) is 5.27. The summed E-state index contributed by atoms with van der Waals surface area (Å²) in [6.45, 7) is 0. The molecule has 0 unspecified atom stereocenters. The Hall–Kier alpha value is -1.75. The van der Waals surface area contributed by atoms with E-state index in [0.717, 1.165) is 10.6 Å². The number of pyridine rings is 1. The second-order valence-electron chi connectivity index (χ2n) is 3.03. The van der Waals surface area contributed by atoms with Crippen molar-refractivity contribution in [2.24, 2.45) is 5.73 Å². The number of thiazole rings is 1. The molecule has 0 radical (unpaired) electrons. The van der Waals surface area contributed by atoms with Crippen molar-refractivity contribution in [2.45, 2.75) is 6.42 Å². The van der Waals surface area contributed by atoms with Gasteiger partial charge in [0.15, 0.2) is 0 Å². The van der Waals surface area contributed by atoms with Gasteiger partial charge in [0, 0.05) is 23.3 Å². The molecule has 0 saturated heterocycles. The standard InChI is InChI=1S/C10H9N3OS/c11-9(14)4-8-6-15-10(13-8)7-2-1-3-12-5-7/h1-3,5-6H,4H2,(H2,11,14). The number of primary amides is 1. The first-order valence-electron chi connectivity index (χ1n) is 4.39. The molecule has 0 bridgehead atoms. The van der Waals surface area contributed by atoms with Crippen LogP contribution in [0.15, 0.2) is 29.9 Å². The largest absolute Gasteiger partial charge is 0.369 e. The van der Waals surface area contributed by atoms with E-state index in [0.29, 0.717) is 5.69 Å². The van der Waals surface area contributed by atoms with Gasteiger partial charge >= 0.3 is 0 Å². The number of aromatic nitrogens is 2. The van der Waals surface area contributed by atoms with Crippen molar-refractivity contribution in [3.8, 4) is 10.6 Å². The normalized spacial score (nSPS) is 10.1. The number of carbonyl (C=O) groups excluding carboxylic acids is 1. The third kappa shape index (κ3) is 2.38. The number of nitrogens with two attached hydrogens (primary N) is 1. The van der Waals surface area contributed by atoms with Gasteiger partial charge in [-0.25, -0.2) is 4.98 Å². The van der Waals surface area contributed by atoms with Crippen molar-refractivity contribution in [1.29, 1.82) is 0 Å². The summed E-state index contributed by atoms with van der Waals surface area (Å²) >= 11 is 1.49. The molecule has 0 aliphatic carbocycles. The van der Waals surface area contributed by atoms with E-state index < -0.39 is 0 Å². The van der Waals surface area contributed by atoms with E-state index in [1.807, 2.05) is 17.5 Å². The number of carbonyl (C=O) groups is 1. The van der Waals surface area contributed by atoms with E-state index in [9.17, 15) is 4.79 Å². The predicted octanol–water partition coefficient (Wildman–Crippen LogP) is 1.23. The van der Waals surface area contributed by atoms with Crippen molar-refractivity contribution in [2.75, 3.05) is 0 Å². The Morgan fingerprint density at radius 1 is 1.53 bits per heavy atom. The third-order valence-corrected chi connectivity index (χ3v) is 2.76. The lowest BCUT2D eigenvalue weighted by molar-refractivity contribution is -0.117. The molecule has 0 aliphatic heterocycles. The Labute approximate surface area is 90.8 Å². The van der Waals surface area contributed by atoms with Crippen LogP contribution >= 0.6 is 11.3 Å². The van der Waals surface area contributed by atoms with E-state index in [-0.39, 0.29) is 12.3 Å². The molecule has 4 nitrogen and oxygen atoms in total. The lowest BCUT2D eigenvalue weighted by atomic mass is 10.3. The highest BCUT2D eigenvalue weighted by atomic mass is 32.1. The fourth-order valence-corrected chi connectivity index (χ4v) is 2.00. The molecule has 0 saturated carbocycles. The minimum absolute atomic E-state index is 0.191. The maximum absolute atomic E-state index is 10.7. The number of nitrogens with zero attached hydrogens (tertiary/aromatic N) is 2. The Kier molecular flexibility index (Phi) is 2.73. The van der Waals surface area contributed by atoms with Gasteiger partial charge in [-0.2, -0.15) is 0 Å². The molecule has 5 heteroatoms. The molecule has 1 amide bonds. The first kappa shape index (κ1) is 9.79. The Morgan fingerprint density at radius 2 is 2.40 bits per heavy atom. The summed E-state index contributed by atoms with van der Waals surface area (Å²) in [5.74, 6) is -0.363. The van der Waals surface area contributed by atoms with Gasteiger partial charge in [-0.05, 0) is 12.1 Å². The molecule has 76 valence electrons. The van der Waals surface area contributed by atoms with Gasteiger partial charge in [0.1, 0.15) is 5.01 Å². The molecule has 0 aliphatic rings. The molecule has 2 aromatic heterocycles. The second kappa shape index (κ2) is 4.18. The maximum Gasteiger partial charge on any atom is 0.223 e. The monoisotopic (exact) mass is 219 g/mol. The molecule has 2 heterocycles. The average molecular weight is 219 g/mol. The topological polar surface area (TPSA) is 68.9 Å². The minimum atomic E-state index is -0.363. The zero-order valence-corrected chi connectivity index (χ0v) is 8.70. The Morgan fingerprint density at radius 3 is 3.07 bits per heavy atom. The van der Waals surface area contributed by atoms with Crippen LogP contribution in [0.4, 0.5) is 0 Å². The van der Waals surface area contributed by atoms with Gasteiger partial charge in [-0.15, -0.1) is 11.3 Å². The van der Waals surface area contributed by atoms with Crippen LogP contribution in [0.25, 0.3) is 10.6 Å². The SMILES string of the molecule is NC(=O)Cc1csc(-c2cccnc2)n1. The highest BCUT2D eigenvalue weighted by molar-refractivity contribution is 7.13. The summed E-state index contributed by atoms with van der Waals surface area (Å²) in [7, 11) is 0. The number of amides is 1. The van der Waals surface area contributed by atoms with Crippen molar-refractivity contribution < 1.29 is 4.79 Å². The van der Waals surface area contributed by atoms with Gasteiger partial charge < -0.3 is 5.73 Å². The van der Waals surface area contributed by atoms with E-state index in [4.69, 9.17) is 5.73 Å². The van der Waals surface area contributed by atoms with Crippen LogP contribution < -0.4 is 5.73 Å². The number of hydrogen-bond donors (Lipinski definition) is 1. The second-order valence-corrected chi connectivity index (χ2v) is 3.89. The van der Waals surface area contributed by atoms with Gasteiger partial charge in [0.05, 0.1) is 12.1 Å². The van der Waals surface area contributed by atoms with Crippen molar-refractivity contribution in [3.63, 3.8) is 0 Å². The van der Waals surface area contributed by atoms with Crippen LogP contribution in [0.3, 0.4) is 0 Å². The van der Waals surface area contributed by atoms with Gasteiger partial charge in [0.2, 0.25) is 5.91 Å². The molecule has 15 heavy (non-hydrogen) atoms. The highest BCUT2D eigenvalue weighted by Gasteiger charge is 2.06. The van der Waals surface area contributed by atoms with E-state index in [1.165, 1.54) is 11.3 Å². The maximum atomic E-state index is 10.7. The van der Waals surface area contributed by atoms with Gasteiger partial charge in [-0.1, -0.05) is 0 Å². The Balaban J connectivity index is 2.24. The highest BCUT2D eigenvalue weighted by Crippen LogP contribution is 2.22. The summed E-state index contributed by atoms with van der Waals surface area (Å²) < 4.78 is 0. The van der Waals surface area contributed by atoms with Crippen LogP contribution in [0.5, 0.6) is 0 Å². The summed E-state index contributed by atoms with van der Waals surface area (Å²) in [5, 5.41) is 2.70. The average Bonchev–Trinajstić information content (AvgIpc) is 2.67. The van der Waals surface area contributed by atoms with Crippen LogP contribution in [0.2, 0.25) is 0 Å². The number of hydrogen-bond acceptors (Lipinski definition) is 4. The van der Waals surface area contributed by atoms with Gasteiger partial charge in [-0.3, -0.25) is 9.78 Å². The zero-order valence-electron chi connectivity index (χ0n) is 7.88. The molecule has 0 atom stereocenters. The lowest BCUT2D eigenvalue weighted by Gasteiger charge is -1.93. The van der Waals surface area contributed by atoms with E-state index >= 15 is 0 Å². The van der Waals surface area contributed by atoms with Crippen molar-refractivity contribution in [3.05, 3.63) is 35.6 Å². The molecule has 0 aromatic carbocycles. The smallest absolute Gasteiger partial charge is 0.223 e. The van der Waals surface area contributed by atoms with E-state index in [1.54, 1.807) is 12.4 Å². The van der Waals surface area contributed by atoms with Crippen molar-refractivity contribution in [1.82, 2.24) is 9.97 Å². The summed E-state index contributed by atoms with van der Waals surface area (Å²) in [6, 6.07) is 3.78. The molecule has 2 rings (SSSR count). The lowest BCUT2D eigenvalue weighted by Crippen LogP contribution is -2.13. The van der Waals surface area contributed by atoms with Gasteiger partial charge in [0.25, 0.3) is 0 Å². The number of rotatable bonds is 3. The fraction of sp³-hybridized carbons (Fsp3) is 0.100. The molecule has 2 N–H and O–H groups in total. The van der Waals surface area contributed by atoms with Crippen LogP contribution in [0.1, 0.15) is 5.69 Å². The summed E-state index contributed by atoms with van der Waals surface area (Å²) in [5.41, 5.74) is 6.76. The molecule has 2 aromatic rings. The quantitative estimate of drug-likeness (QED) is 0.844. The minimum Gasteiger partial charge on any atom is -0.369 e. The molecule has 0 fully saturated rings. The predicted molar refractivity (Wildman–Crippen MR) is 58.2 cm³/mol. The Bertz CT molecular complexity index is 467. The first-order chi connectivity index (χ1) is 7.25.